The van der Waals surface area contributed by atoms with E-state index in [1.165, 1.54) is 0 Å². The van der Waals surface area contributed by atoms with Gasteiger partial charge in [0.1, 0.15) is 0 Å². The number of ketones is 1. The molecule has 1 amide bonds. The fourth-order valence-electron chi connectivity index (χ4n) is 4.35. The number of halogens is 1. The maximum Gasteiger partial charge on any atom is 0.232 e. The Balaban J connectivity index is 1.86. The zero-order valence-electron chi connectivity index (χ0n) is 15.6. The van der Waals surface area contributed by atoms with Crippen LogP contribution in [0.3, 0.4) is 0 Å². The van der Waals surface area contributed by atoms with Crippen LogP contribution in [-0.2, 0) is 9.59 Å². The van der Waals surface area contributed by atoms with Crippen molar-refractivity contribution in [3.63, 3.8) is 0 Å². The standard InChI is InChI=1S/C23H22ClNO2/c1-14-10-15(2)12-18(11-14)25-20-4-3-5-21(26)23(20)19(13-22(25)27)16-6-8-17(24)9-7-16/h6-12,19H,3-5,13H2,1-2H3. The molecular formula is C23H22ClNO2. The molecule has 1 heterocycles. The molecule has 1 aliphatic heterocycles. The van der Waals surface area contributed by atoms with Crippen molar-refractivity contribution in [3.8, 4) is 0 Å². The van der Waals surface area contributed by atoms with Crippen LogP contribution in [-0.4, -0.2) is 11.7 Å². The lowest BCUT2D eigenvalue weighted by Gasteiger charge is -2.38. The van der Waals surface area contributed by atoms with Crippen LogP contribution in [0.25, 0.3) is 0 Å². The number of rotatable bonds is 2. The molecule has 1 unspecified atom stereocenters. The van der Waals surface area contributed by atoms with Crippen molar-refractivity contribution < 1.29 is 9.59 Å². The molecule has 0 fully saturated rings. The largest absolute Gasteiger partial charge is 0.294 e. The highest BCUT2D eigenvalue weighted by Gasteiger charge is 2.39. The summed E-state index contributed by atoms with van der Waals surface area (Å²) in [6.07, 6.45) is 2.40. The normalized spacial score (nSPS) is 20.1. The number of benzene rings is 2. The molecule has 1 atom stereocenters. The Bertz CT molecular complexity index is 939. The van der Waals surface area contributed by atoms with E-state index in [2.05, 4.69) is 6.07 Å². The lowest BCUT2D eigenvalue weighted by atomic mass is 9.77. The summed E-state index contributed by atoms with van der Waals surface area (Å²) in [6.45, 7) is 4.06. The van der Waals surface area contributed by atoms with Gasteiger partial charge >= 0.3 is 0 Å². The Hall–Kier alpha value is -2.39. The molecule has 27 heavy (non-hydrogen) atoms. The fraction of sp³-hybridized carbons (Fsp3) is 0.304. The summed E-state index contributed by atoms with van der Waals surface area (Å²) in [4.78, 5) is 27.8. The van der Waals surface area contributed by atoms with Crippen molar-refractivity contribution in [1.82, 2.24) is 0 Å². The van der Waals surface area contributed by atoms with E-state index in [4.69, 9.17) is 11.6 Å². The highest BCUT2D eigenvalue weighted by atomic mass is 35.5. The van der Waals surface area contributed by atoms with Crippen molar-refractivity contribution in [3.05, 3.63) is 75.4 Å². The molecular weight excluding hydrogens is 358 g/mol. The fourth-order valence-corrected chi connectivity index (χ4v) is 4.48. The van der Waals surface area contributed by atoms with Crippen molar-refractivity contribution in [2.24, 2.45) is 0 Å². The van der Waals surface area contributed by atoms with Crippen molar-refractivity contribution >= 4 is 29.0 Å². The van der Waals surface area contributed by atoms with Gasteiger partial charge in [-0.2, -0.15) is 0 Å². The van der Waals surface area contributed by atoms with Gasteiger partial charge in [-0.25, -0.2) is 0 Å². The minimum atomic E-state index is -0.181. The zero-order valence-corrected chi connectivity index (χ0v) is 16.3. The molecule has 4 rings (SSSR count). The van der Waals surface area contributed by atoms with E-state index >= 15 is 0 Å². The van der Waals surface area contributed by atoms with Crippen molar-refractivity contribution in [2.45, 2.75) is 45.4 Å². The maximum atomic E-state index is 13.2. The smallest absolute Gasteiger partial charge is 0.232 e. The Labute approximate surface area is 164 Å². The van der Waals surface area contributed by atoms with Crippen LogP contribution in [0.15, 0.2) is 53.7 Å². The number of nitrogens with zero attached hydrogens (tertiary/aromatic N) is 1. The van der Waals surface area contributed by atoms with Crippen molar-refractivity contribution in [2.75, 3.05) is 4.90 Å². The molecule has 0 aromatic heterocycles. The van der Waals surface area contributed by atoms with Crippen LogP contribution < -0.4 is 4.90 Å². The molecule has 1 aliphatic carbocycles. The second-order valence-corrected chi connectivity index (χ2v) is 7.96. The molecule has 2 aliphatic rings. The number of anilines is 1. The monoisotopic (exact) mass is 379 g/mol. The van der Waals surface area contributed by atoms with Crippen LogP contribution in [0, 0.1) is 13.8 Å². The highest BCUT2D eigenvalue weighted by Crippen LogP contribution is 2.43. The first kappa shape index (κ1) is 18.0. The number of carbonyl (C=O) groups excluding carboxylic acids is 2. The molecule has 4 heteroatoms. The van der Waals surface area contributed by atoms with Gasteiger partial charge in [0, 0.05) is 40.7 Å². The van der Waals surface area contributed by atoms with E-state index in [1.807, 2.05) is 50.2 Å². The number of amides is 1. The van der Waals surface area contributed by atoms with Gasteiger partial charge in [0.05, 0.1) is 0 Å². The highest BCUT2D eigenvalue weighted by molar-refractivity contribution is 6.30. The molecule has 138 valence electrons. The lowest BCUT2D eigenvalue weighted by Crippen LogP contribution is -2.40. The molecule has 0 bridgehead atoms. The summed E-state index contributed by atoms with van der Waals surface area (Å²) in [5, 5.41) is 0.655. The first-order valence-electron chi connectivity index (χ1n) is 9.37. The summed E-state index contributed by atoms with van der Waals surface area (Å²) in [6, 6.07) is 13.7. The average molecular weight is 380 g/mol. The first-order valence-corrected chi connectivity index (χ1v) is 9.75. The number of Topliss-reactive ketones (excluding diaryl/α,β-unsaturated/α-hetero) is 1. The van der Waals surface area contributed by atoms with Gasteiger partial charge in [-0.15, -0.1) is 0 Å². The van der Waals surface area contributed by atoms with E-state index in [9.17, 15) is 9.59 Å². The minimum absolute atomic E-state index is 0.0494. The average Bonchev–Trinajstić information content (AvgIpc) is 2.61. The van der Waals surface area contributed by atoms with Gasteiger partial charge in [-0.05, 0) is 67.6 Å². The summed E-state index contributed by atoms with van der Waals surface area (Å²) in [7, 11) is 0. The predicted octanol–water partition coefficient (Wildman–Crippen LogP) is 5.48. The third-order valence-corrected chi connectivity index (χ3v) is 5.66. The lowest BCUT2D eigenvalue weighted by molar-refractivity contribution is -0.119. The quantitative estimate of drug-likeness (QED) is 0.692. The van der Waals surface area contributed by atoms with Crippen LogP contribution in [0.1, 0.15) is 48.3 Å². The molecule has 0 saturated carbocycles. The third-order valence-electron chi connectivity index (χ3n) is 5.41. The topological polar surface area (TPSA) is 37.4 Å². The summed E-state index contributed by atoms with van der Waals surface area (Å²) >= 11 is 6.02. The van der Waals surface area contributed by atoms with Gasteiger partial charge in [0.15, 0.2) is 5.78 Å². The van der Waals surface area contributed by atoms with Gasteiger partial charge < -0.3 is 0 Å². The van der Waals surface area contributed by atoms with E-state index < -0.39 is 0 Å². The van der Waals surface area contributed by atoms with E-state index in [1.54, 1.807) is 4.90 Å². The number of hydrogen-bond acceptors (Lipinski definition) is 2. The number of carbonyl (C=O) groups is 2. The van der Waals surface area contributed by atoms with Gasteiger partial charge in [0.25, 0.3) is 0 Å². The first-order chi connectivity index (χ1) is 12.9. The molecule has 0 saturated heterocycles. The molecule has 3 nitrogen and oxygen atoms in total. The Kier molecular flexibility index (Phi) is 4.65. The molecule has 0 spiro atoms. The maximum absolute atomic E-state index is 13.2. The van der Waals surface area contributed by atoms with Crippen LogP contribution in [0.2, 0.25) is 5.02 Å². The Morgan fingerprint density at radius 1 is 0.963 bits per heavy atom. The number of aryl methyl sites for hydroxylation is 2. The minimum Gasteiger partial charge on any atom is -0.294 e. The van der Waals surface area contributed by atoms with E-state index in [0.29, 0.717) is 17.9 Å². The van der Waals surface area contributed by atoms with Gasteiger partial charge in [0.2, 0.25) is 5.91 Å². The molecule has 0 radical (unpaired) electrons. The second-order valence-electron chi connectivity index (χ2n) is 7.52. The molecule has 2 aromatic rings. The van der Waals surface area contributed by atoms with E-state index in [0.717, 1.165) is 46.5 Å². The zero-order chi connectivity index (χ0) is 19.1. The van der Waals surface area contributed by atoms with E-state index in [-0.39, 0.29) is 17.6 Å². The van der Waals surface area contributed by atoms with Gasteiger partial charge in [-0.3, -0.25) is 14.5 Å². The summed E-state index contributed by atoms with van der Waals surface area (Å²) in [5.41, 5.74) is 5.77. The Morgan fingerprint density at radius 2 is 1.63 bits per heavy atom. The number of hydrogen-bond donors (Lipinski definition) is 0. The third kappa shape index (κ3) is 3.32. The Morgan fingerprint density at radius 3 is 2.30 bits per heavy atom. The summed E-state index contributed by atoms with van der Waals surface area (Å²) < 4.78 is 0. The van der Waals surface area contributed by atoms with Crippen LogP contribution >= 0.6 is 11.6 Å². The molecule has 0 N–H and O–H groups in total. The molecule has 2 aromatic carbocycles. The van der Waals surface area contributed by atoms with Crippen LogP contribution in [0.4, 0.5) is 5.69 Å². The predicted molar refractivity (Wildman–Crippen MR) is 108 cm³/mol. The van der Waals surface area contributed by atoms with Crippen LogP contribution in [0.5, 0.6) is 0 Å². The van der Waals surface area contributed by atoms with Crippen molar-refractivity contribution in [1.29, 1.82) is 0 Å². The summed E-state index contributed by atoms with van der Waals surface area (Å²) in [5.74, 6) is 0.0335. The number of allylic oxidation sites excluding steroid dienone is 2. The second kappa shape index (κ2) is 6.97. The van der Waals surface area contributed by atoms with Gasteiger partial charge in [-0.1, -0.05) is 29.8 Å². The SMILES string of the molecule is Cc1cc(C)cc(N2C(=O)CC(c3ccc(Cl)cc3)C3=C2CCCC3=O)c1.